The van der Waals surface area contributed by atoms with E-state index in [9.17, 15) is 22.8 Å². The summed E-state index contributed by atoms with van der Waals surface area (Å²) in [5.74, 6) is -1.42. The maximum absolute atomic E-state index is 13.8. The molecule has 0 spiro atoms. The number of halogens is 3. The highest BCUT2D eigenvalue weighted by Crippen LogP contribution is 2.37. The zero-order chi connectivity index (χ0) is 21.9. The Morgan fingerprint density at radius 2 is 1.77 bits per heavy atom. The summed E-state index contributed by atoms with van der Waals surface area (Å²) in [6, 6.07) is 13.0. The van der Waals surface area contributed by atoms with E-state index in [1.54, 1.807) is 12.1 Å². The summed E-state index contributed by atoms with van der Waals surface area (Å²) in [6.07, 6.45) is -5.60. The largest absolute Gasteiger partial charge is 0.409 e. The Hall–Kier alpha value is -2.87. The maximum Gasteiger partial charge on any atom is 0.409 e. The third-order valence-electron chi connectivity index (χ3n) is 5.07. The zero-order valence-corrected chi connectivity index (χ0v) is 16.7. The first kappa shape index (κ1) is 21.8. The number of carbonyl (C=O) groups excluding carboxylic acids is 2. The number of fused-ring (bicyclic) bond motifs is 1. The SMILES string of the molecule is CC(C)[C@@H](NCC(=O)N1c2ccccc2NC(=O)C[C@@H]1C(F)(F)F)c1ccccc1. The maximum atomic E-state index is 13.8. The number of rotatable bonds is 5. The molecule has 1 heterocycles. The van der Waals surface area contributed by atoms with Crippen molar-refractivity contribution in [1.82, 2.24) is 5.32 Å². The molecule has 2 N–H and O–H groups in total. The second-order valence-electron chi connectivity index (χ2n) is 7.60. The fourth-order valence-corrected chi connectivity index (χ4v) is 3.68. The first-order valence-electron chi connectivity index (χ1n) is 9.74. The normalized spacial score (nSPS) is 17.9. The van der Waals surface area contributed by atoms with Crippen LogP contribution in [0.2, 0.25) is 0 Å². The molecule has 0 saturated carbocycles. The van der Waals surface area contributed by atoms with E-state index in [1.165, 1.54) is 12.1 Å². The van der Waals surface area contributed by atoms with Gasteiger partial charge in [-0.1, -0.05) is 56.3 Å². The quantitative estimate of drug-likeness (QED) is 0.761. The molecular weight excluding hydrogens is 395 g/mol. The molecule has 0 bridgehead atoms. The van der Waals surface area contributed by atoms with Gasteiger partial charge in [0.1, 0.15) is 6.04 Å². The predicted molar refractivity (Wildman–Crippen MR) is 109 cm³/mol. The fourth-order valence-electron chi connectivity index (χ4n) is 3.68. The van der Waals surface area contributed by atoms with Crippen molar-refractivity contribution in [3.63, 3.8) is 0 Å². The third kappa shape index (κ3) is 4.81. The molecule has 5 nitrogen and oxygen atoms in total. The van der Waals surface area contributed by atoms with E-state index >= 15 is 0 Å². The van der Waals surface area contributed by atoms with E-state index in [1.807, 2.05) is 44.2 Å². The van der Waals surface area contributed by atoms with E-state index in [2.05, 4.69) is 10.6 Å². The van der Waals surface area contributed by atoms with Crippen LogP contribution in [0.3, 0.4) is 0 Å². The molecule has 2 aromatic rings. The van der Waals surface area contributed by atoms with Gasteiger partial charge in [0.15, 0.2) is 0 Å². The summed E-state index contributed by atoms with van der Waals surface area (Å²) in [4.78, 5) is 25.8. The van der Waals surface area contributed by atoms with Gasteiger partial charge in [0, 0.05) is 6.04 Å². The molecule has 0 aliphatic carbocycles. The third-order valence-corrected chi connectivity index (χ3v) is 5.07. The number of nitrogens with one attached hydrogen (secondary N) is 2. The van der Waals surface area contributed by atoms with E-state index in [-0.39, 0.29) is 29.9 Å². The van der Waals surface area contributed by atoms with E-state index in [0.29, 0.717) is 4.90 Å². The molecule has 30 heavy (non-hydrogen) atoms. The lowest BCUT2D eigenvalue weighted by Gasteiger charge is -2.32. The number of para-hydroxylation sites is 2. The lowest BCUT2D eigenvalue weighted by molar-refractivity contribution is -0.157. The van der Waals surface area contributed by atoms with Crippen LogP contribution in [0.4, 0.5) is 24.5 Å². The summed E-state index contributed by atoms with van der Waals surface area (Å²) in [6.45, 7) is 3.64. The molecule has 8 heteroatoms. The molecule has 1 aliphatic rings. The van der Waals surface area contributed by atoms with Crippen molar-refractivity contribution >= 4 is 23.2 Å². The average Bonchev–Trinajstić information content (AvgIpc) is 2.84. The van der Waals surface area contributed by atoms with Gasteiger partial charge in [0.25, 0.3) is 0 Å². The Bertz CT molecular complexity index is 900. The average molecular weight is 419 g/mol. The Morgan fingerprint density at radius 1 is 1.13 bits per heavy atom. The van der Waals surface area contributed by atoms with Crippen LogP contribution in [-0.4, -0.2) is 30.6 Å². The van der Waals surface area contributed by atoms with Crippen LogP contribution in [-0.2, 0) is 9.59 Å². The number of carbonyl (C=O) groups is 2. The Kier molecular flexibility index (Phi) is 6.45. The van der Waals surface area contributed by atoms with Crippen molar-refractivity contribution in [2.75, 3.05) is 16.8 Å². The van der Waals surface area contributed by atoms with Crippen LogP contribution < -0.4 is 15.5 Å². The summed E-state index contributed by atoms with van der Waals surface area (Å²) in [7, 11) is 0. The van der Waals surface area contributed by atoms with Crippen LogP contribution in [0.15, 0.2) is 54.6 Å². The smallest absolute Gasteiger partial charge is 0.324 e. The van der Waals surface area contributed by atoms with Gasteiger partial charge in [-0.25, -0.2) is 0 Å². The molecular formula is C22H24F3N3O2. The van der Waals surface area contributed by atoms with Crippen LogP contribution in [0.25, 0.3) is 0 Å². The number of alkyl halides is 3. The lowest BCUT2D eigenvalue weighted by atomic mass is 9.96. The zero-order valence-electron chi connectivity index (χ0n) is 16.7. The van der Waals surface area contributed by atoms with E-state index < -0.39 is 30.5 Å². The first-order chi connectivity index (χ1) is 14.2. The lowest BCUT2D eigenvalue weighted by Crippen LogP contribution is -2.52. The van der Waals surface area contributed by atoms with Gasteiger partial charge in [-0.05, 0) is 23.6 Å². The van der Waals surface area contributed by atoms with E-state index in [0.717, 1.165) is 5.56 Å². The van der Waals surface area contributed by atoms with Gasteiger partial charge in [0.2, 0.25) is 11.8 Å². The number of benzene rings is 2. The molecule has 0 aromatic heterocycles. The molecule has 0 radical (unpaired) electrons. The summed E-state index contributed by atoms with van der Waals surface area (Å²) in [5, 5.41) is 5.57. The minimum absolute atomic E-state index is 0.0401. The summed E-state index contributed by atoms with van der Waals surface area (Å²) >= 11 is 0. The van der Waals surface area contributed by atoms with Crippen molar-refractivity contribution in [2.45, 2.75) is 38.5 Å². The molecule has 2 aromatic carbocycles. The highest BCUT2D eigenvalue weighted by atomic mass is 19.4. The second-order valence-corrected chi connectivity index (χ2v) is 7.60. The highest BCUT2D eigenvalue weighted by molar-refractivity contribution is 6.05. The molecule has 0 saturated heterocycles. The molecule has 1 aliphatic heterocycles. The molecule has 0 unspecified atom stereocenters. The summed E-state index contributed by atoms with van der Waals surface area (Å²) in [5.41, 5.74) is 1.17. The van der Waals surface area contributed by atoms with Crippen LogP contribution in [0.1, 0.15) is 31.9 Å². The first-order valence-corrected chi connectivity index (χ1v) is 9.74. The van der Waals surface area contributed by atoms with Gasteiger partial charge in [0.05, 0.1) is 24.3 Å². The fraction of sp³-hybridized carbons (Fsp3) is 0.364. The van der Waals surface area contributed by atoms with Crippen LogP contribution in [0, 0.1) is 5.92 Å². The Morgan fingerprint density at radius 3 is 2.40 bits per heavy atom. The highest BCUT2D eigenvalue weighted by Gasteiger charge is 2.48. The number of nitrogens with zero attached hydrogens (tertiary/aromatic N) is 1. The molecule has 3 rings (SSSR count). The Balaban J connectivity index is 1.90. The van der Waals surface area contributed by atoms with Gasteiger partial charge in [-0.2, -0.15) is 13.2 Å². The van der Waals surface area contributed by atoms with Crippen molar-refractivity contribution < 1.29 is 22.8 Å². The van der Waals surface area contributed by atoms with Crippen LogP contribution >= 0.6 is 0 Å². The monoisotopic (exact) mass is 419 g/mol. The van der Waals surface area contributed by atoms with Gasteiger partial charge < -0.3 is 10.6 Å². The van der Waals surface area contributed by atoms with Crippen molar-refractivity contribution in [2.24, 2.45) is 5.92 Å². The standard InChI is InChI=1S/C22H24F3N3O2/c1-14(2)21(15-8-4-3-5-9-15)26-13-20(30)28-17-11-7-6-10-16(17)27-19(29)12-18(28)22(23,24)25/h3-11,14,18,21,26H,12-13H2,1-2H3,(H,27,29)/t18-,21-/m1/s1. The summed E-state index contributed by atoms with van der Waals surface area (Å²) < 4.78 is 41.4. The number of anilines is 2. The van der Waals surface area contributed by atoms with Gasteiger partial charge in [-0.15, -0.1) is 0 Å². The number of hydrogen-bond acceptors (Lipinski definition) is 3. The minimum atomic E-state index is -4.75. The van der Waals surface area contributed by atoms with Crippen molar-refractivity contribution in [1.29, 1.82) is 0 Å². The number of amides is 2. The topological polar surface area (TPSA) is 61.4 Å². The van der Waals surface area contributed by atoms with Crippen molar-refractivity contribution in [3.8, 4) is 0 Å². The van der Waals surface area contributed by atoms with E-state index in [4.69, 9.17) is 0 Å². The molecule has 2 amide bonds. The Labute approximate surface area is 173 Å². The van der Waals surface area contributed by atoms with Crippen LogP contribution in [0.5, 0.6) is 0 Å². The molecule has 2 atom stereocenters. The van der Waals surface area contributed by atoms with Gasteiger partial charge >= 0.3 is 6.18 Å². The molecule has 160 valence electrons. The second kappa shape index (κ2) is 8.87. The molecule has 0 fully saturated rings. The number of hydrogen-bond donors (Lipinski definition) is 2. The minimum Gasteiger partial charge on any atom is -0.324 e. The van der Waals surface area contributed by atoms with Crippen molar-refractivity contribution in [3.05, 3.63) is 60.2 Å². The van der Waals surface area contributed by atoms with Gasteiger partial charge in [-0.3, -0.25) is 14.5 Å². The predicted octanol–water partition coefficient (Wildman–Crippen LogP) is 4.28.